The Labute approximate surface area is 207 Å². The molecule has 0 saturated heterocycles. The number of oxime groups is 1. The van der Waals surface area contributed by atoms with Crippen LogP contribution in [0.25, 0.3) is 11.3 Å². The molecule has 34 heavy (non-hydrogen) atoms. The molecule has 8 nitrogen and oxygen atoms in total. The maximum absolute atomic E-state index is 6.58. The molecular weight excluding hydrogens is 477 g/mol. The van der Waals surface area contributed by atoms with Crippen LogP contribution in [-0.4, -0.2) is 32.9 Å². The van der Waals surface area contributed by atoms with Gasteiger partial charge in [0.25, 0.3) is 0 Å². The Morgan fingerprint density at radius 3 is 2.29 bits per heavy atom. The second-order valence-electron chi connectivity index (χ2n) is 7.45. The van der Waals surface area contributed by atoms with Gasteiger partial charge in [-0.2, -0.15) is 10.2 Å². The second-order valence-corrected chi connectivity index (χ2v) is 8.27. The van der Waals surface area contributed by atoms with E-state index in [1.54, 1.807) is 48.9 Å². The zero-order valence-corrected chi connectivity index (χ0v) is 20.6. The largest absolute Gasteiger partial charge is 0.497 e. The van der Waals surface area contributed by atoms with Crippen molar-refractivity contribution in [2.45, 2.75) is 13.5 Å². The average molecular weight is 500 g/mol. The summed E-state index contributed by atoms with van der Waals surface area (Å²) in [7, 11) is 5.23. The smallest absolute Gasteiger partial charge is 0.226 e. The molecule has 0 aliphatic heterocycles. The number of benzene rings is 2. The lowest BCUT2D eigenvalue weighted by molar-refractivity contribution is 0.126. The molecule has 176 valence electrons. The molecule has 0 bridgehead atoms. The van der Waals surface area contributed by atoms with Crippen molar-refractivity contribution in [3.05, 3.63) is 75.5 Å². The van der Waals surface area contributed by atoms with Gasteiger partial charge in [-0.25, -0.2) is 4.68 Å². The lowest BCUT2D eigenvalue weighted by Crippen LogP contribution is -2.00. The number of ether oxygens (including phenoxy) is 2. The third-order valence-electron chi connectivity index (χ3n) is 5.17. The average Bonchev–Trinajstić information content (AvgIpc) is 3.26. The van der Waals surface area contributed by atoms with Crippen LogP contribution < -0.4 is 9.47 Å². The molecule has 10 heteroatoms. The summed E-state index contributed by atoms with van der Waals surface area (Å²) in [6.45, 7) is 2.01. The van der Waals surface area contributed by atoms with Gasteiger partial charge in [0.15, 0.2) is 6.61 Å². The SMILES string of the molecule is COc1ccc(Oc2c(/C=N\OCc3c(Cl)c(-c4ccc(Cl)cc4)nn3C)c(C)nn2C)cc1. The highest BCUT2D eigenvalue weighted by Gasteiger charge is 2.17. The van der Waals surface area contributed by atoms with Crippen molar-refractivity contribution in [2.24, 2.45) is 19.3 Å². The monoisotopic (exact) mass is 499 g/mol. The van der Waals surface area contributed by atoms with Gasteiger partial charge in [-0.05, 0) is 43.3 Å². The predicted molar refractivity (Wildman–Crippen MR) is 132 cm³/mol. The minimum atomic E-state index is 0.139. The van der Waals surface area contributed by atoms with Crippen LogP contribution in [0.1, 0.15) is 17.0 Å². The van der Waals surface area contributed by atoms with E-state index < -0.39 is 0 Å². The topological polar surface area (TPSA) is 75.7 Å². The Morgan fingerprint density at radius 2 is 1.62 bits per heavy atom. The van der Waals surface area contributed by atoms with E-state index >= 15 is 0 Å². The lowest BCUT2D eigenvalue weighted by atomic mass is 10.1. The summed E-state index contributed by atoms with van der Waals surface area (Å²) in [6.07, 6.45) is 1.57. The minimum absolute atomic E-state index is 0.139. The summed E-state index contributed by atoms with van der Waals surface area (Å²) in [5.74, 6) is 1.94. The van der Waals surface area contributed by atoms with Crippen molar-refractivity contribution < 1.29 is 14.3 Å². The van der Waals surface area contributed by atoms with Gasteiger partial charge in [0.1, 0.15) is 17.2 Å². The molecule has 2 aromatic carbocycles. The van der Waals surface area contributed by atoms with Gasteiger partial charge in [0.2, 0.25) is 5.88 Å². The molecule has 2 aromatic heterocycles. The molecule has 0 radical (unpaired) electrons. The van der Waals surface area contributed by atoms with E-state index in [0.717, 1.165) is 17.0 Å². The zero-order valence-electron chi connectivity index (χ0n) is 19.1. The molecule has 0 aliphatic carbocycles. The Bertz CT molecular complexity index is 1310. The molecule has 4 rings (SSSR count). The molecule has 0 amide bonds. The lowest BCUT2D eigenvalue weighted by Gasteiger charge is -2.08. The Kier molecular flexibility index (Phi) is 7.09. The van der Waals surface area contributed by atoms with Crippen LogP contribution in [0, 0.1) is 6.92 Å². The van der Waals surface area contributed by atoms with E-state index in [9.17, 15) is 0 Å². The number of aromatic nitrogens is 4. The summed E-state index contributed by atoms with van der Waals surface area (Å²) in [5.41, 5.74) is 3.67. The van der Waals surface area contributed by atoms with Crippen molar-refractivity contribution in [1.29, 1.82) is 0 Å². The number of hydrogen-bond acceptors (Lipinski definition) is 6. The summed E-state index contributed by atoms with van der Waals surface area (Å²) in [4.78, 5) is 5.55. The van der Waals surface area contributed by atoms with Crippen molar-refractivity contribution in [1.82, 2.24) is 19.6 Å². The van der Waals surface area contributed by atoms with Crippen molar-refractivity contribution in [3.63, 3.8) is 0 Å². The van der Waals surface area contributed by atoms with E-state index in [2.05, 4.69) is 15.4 Å². The fraction of sp³-hybridized carbons (Fsp3) is 0.208. The van der Waals surface area contributed by atoms with Crippen molar-refractivity contribution in [3.8, 4) is 28.6 Å². The van der Waals surface area contributed by atoms with Crippen molar-refractivity contribution in [2.75, 3.05) is 7.11 Å². The van der Waals surface area contributed by atoms with Gasteiger partial charge in [0.05, 0.1) is 35.3 Å². The maximum atomic E-state index is 6.58. The van der Waals surface area contributed by atoms with Gasteiger partial charge < -0.3 is 14.3 Å². The maximum Gasteiger partial charge on any atom is 0.226 e. The van der Waals surface area contributed by atoms with Gasteiger partial charge in [0, 0.05) is 24.7 Å². The van der Waals surface area contributed by atoms with Gasteiger partial charge in [-0.15, -0.1) is 0 Å². The number of methoxy groups -OCH3 is 1. The van der Waals surface area contributed by atoms with Gasteiger partial charge in [-0.3, -0.25) is 4.68 Å². The number of nitrogens with zero attached hydrogens (tertiary/aromatic N) is 5. The van der Waals surface area contributed by atoms with E-state index in [1.807, 2.05) is 43.3 Å². The number of halogens is 2. The van der Waals surface area contributed by atoms with Crippen LogP contribution in [0.4, 0.5) is 0 Å². The van der Waals surface area contributed by atoms with Gasteiger partial charge in [-0.1, -0.05) is 40.5 Å². The van der Waals surface area contributed by atoms with E-state index in [1.165, 1.54) is 0 Å². The molecule has 0 spiro atoms. The highest BCUT2D eigenvalue weighted by molar-refractivity contribution is 6.34. The molecule has 0 atom stereocenters. The predicted octanol–water partition coefficient (Wildman–Crippen LogP) is 5.79. The highest BCUT2D eigenvalue weighted by Crippen LogP contribution is 2.31. The molecule has 4 aromatic rings. The number of hydrogen-bond donors (Lipinski definition) is 0. The second kappa shape index (κ2) is 10.2. The first kappa shape index (κ1) is 23.7. The Balaban J connectivity index is 1.48. The number of aryl methyl sites for hydroxylation is 3. The summed E-state index contributed by atoms with van der Waals surface area (Å²) in [5, 5.41) is 14.2. The molecule has 0 N–H and O–H groups in total. The molecule has 0 unspecified atom stereocenters. The van der Waals surface area contributed by atoms with Crippen LogP contribution in [-0.2, 0) is 25.5 Å². The first-order chi connectivity index (χ1) is 16.4. The third kappa shape index (κ3) is 5.03. The van der Waals surface area contributed by atoms with Crippen LogP contribution in [0.3, 0.4) is 0 Å². The van der Waals surface area contributed by atoms with Crippen LogP contribution in [0.15, 0.2) is 53.7 Å². The van der Waals surface area contributed by atoms with Crippen molar-refractivity contribution >= 4 is 29.4 Å². The normalized spacial score (nSPS) is 11.2. The molecule has 0 fully saturated rings. The van der Waals surface area contributed by atoms with Crippen LogP contribution >= 0.6 is 23.2 Å². The third-order valence-corrected chi connectivity index (χ3v) is 5.81. The first-order valence-electron chi connectivity index (χ1n) is 10.4. The molecule has 0 saturated carbocycles. The molecule has 2 heterocycles. The van der Waals surface area contributed by atoms with E-state index in [-0.39, 0.29) is 6.61 Å². The Morgan fingerprint density at radius 1 is 0.941 bits per heavy atom. The standard InChI is InChI=1S/C24H23Cl2N5O3/c1-15-20(24(31(3)28-15)34-19-11-9-18(32-4)10-12-19)13-27-33-14-21-22(26)23(29-30(21)2)16-5-7-17(25)8-6-16/h5-13H,14H2,1-4H3/b27-13-. The molecular formula is C24H23Cl2N5O3. The van der Waals surface area contributed by atoms with E-state index in [0.29, 0.717) is 38.6 Å². The Hall–Kier alpha value is -3.49. The fourth-order valence-electron chi connectivity index (χ4n) is 3.35. The zero-order chi connectivity index (χ0) is 24.2. The summed E-state index contributed by atoms with van der Waals surface area (Å²) in [6, 6.07) is 14.6. The summed E-state index contributed by atoms with van der Waals surface area (Å²) < 4.78 is 14.5. The van der Waals surface area contributed by atoms with Gasteiger partial charge >= 0.3 is 0 Å². The van der Waals surface area contributed by atoms with Crippen LogP contribution in [0.2, 0.25) is 10.0 Å². The van der Waals surface area contributed by atoms with E-state index in [4.69, 9.17) is 37.5 Å². The first-order valence-corrected chi connectivity index (χ1v) is 11.1. The fourth-order valence-corrected chi connectivity index (χ4v) is 3.80. The quantitative estimate of drug-likeness (QED) is 0.226. The summed E-state index contributed by atoms with van der Waals surface area (Å²) >= 11 is 12.6. The highest BCUT2D eigenvalue weighted by atomic mass is 35.5. The minimum Gasteiger partial charge on any atom is -0.497 e. The number of rotatable bonds is 8. The van der Waals surface area contributed by atoms with Crippen LogP contribution in [0.5, 0.6) is 17.4 Å². The molecule has 0 aliphatic rings.